The van der Waals surface area contributed by atoms with Crippen LogP contribution in [0.25, 0.3) is 0 Å². The second-order valence-electron chi connectivity index (χ2n) is 4.27. The van der Waals surface area contributed by atoms with Gasteiger partial charge in [-0.15, -0.1) is 0 Å². The first-order valence-corrected chi connectivity index (χ1v) is 5.64. The zero-order chi connectivity index (χ0) is 10.7. The summed E-state index contributed by atoms with van der Waals surface area (Å²) in [5, 5.41) is 3.35. The molecule has 2 rings (SSSR count). The Morgan fingerprint density at radius 2 is 2.33 bits per heavy atom. The van der Waals surface area contributed by atoms with Crippen LogP contribution in [0, 0.1) is 6.92 Å². The molecule has 1 aliphatic heterocycles. The summed E-state index contributed by atoms with van der Waals surface area (Å²) < 4.78 is 0. The summed E-state index contributed by atoms with van der Waals surface area (Å²) in [7, 11) is 2.04. The number of pyridine rings is 1. The van der Waals surface area contributed by atoms with Crippen LogP contribution in [0.2, 0.25) is 0 Å². The Hall–Kier alpha value is -1.09. The van der Waals surface area contributed by atoms with Gasteiger partial charge in [-0.25, -0.2) is 4.98 Å². The maximum absolute atomic E-state index is 4.47. The number of hydrogen-bond acceptors (Lipinski definition) is 3. The number of hydrogen-bond donors (Lipinski definition) is 1. The second kappa shape index (κ2) is 4.62. The Kier molecular flexibility index (Phi) is 3.21. The largest absolute Gasteiger partial charge is 0.355 e. The van der Waals surface area contributed by atoms with Crippen molar-refractivity contribution >= 4 is 5.82 Å². The third kappa shape index (κ3) is 2.48. The van der Waals surface area contributed by atoms with Crippen molar-refractivity contribution in [2.75, 3.05) is 25.0 Å². The van der Waals surface area contributed by atoms with Gasteiger partial charge in [-0.2, -0.15) is 0 Å². The average Bonchev–Trinajstić information content (AvgIpc) is 2.30. The highest BCUT2D eigenvalue weighted by Crippen LogP contribution is 2.17. The van der Waals surface area contributed by atoms with E-state index in [1.54, 1.807) is 0 Å². The summed E-state index contributed by atoms with van der Waals surface area (Å²) in [6.07, 6.45) is 4.47. The molecule has 82 valence electrons. The summed E-state index contributed by atoms with van der Waals surface area (Å²) in [5.41, 5.74) is 1.22. The molecule has 1 fully saturated rings. The van der Waals surface area contributed by atoms with E-state index < -0.39 is 0 Å². The van der Waals surface area contributed by atoms with Crippen LogP contribution < -0.4 is 10.2 Å². The molecule has 1 aromatic rings. The van der Waals surface area contributed by atoms with Crippen LogP contribution in [0.4, 0.5) is 5.82 Å². The van der Waals surface area contributed by atoms with E-state index in [1.165, 1.54) is 18.4 Å². The Morgan fingerprint density at radius 1 is 1.47 bits per heavy atom. The molecule has 2 heterocycles. The van der Waals surface area contributed by atoms with Gasteiger partial charge in [0.2, 0.25) is 0 Å². The number of rotatable bonds is 2. The molecule has 0 amide bonds. The minimum atomic E-state index is 0.613. The SMILES string of the molecule is CN[C@H]1CCCN(c2ccc(C)cn2)C1. The van der Waals surface area contributed by atoms with E-state index in [0.29, 0.717) is 6.04 Å². The van der Waals surface area contributed by atoms with Crippen molar-refractivity contribution in [1.82, 2.24) is 10.3 Å². The molecule has 0 spiro atoms. The van der Waals surface area contributed by atoms with Gasteiger partial charge in [-0.3, -0.25) is 0 Å². The predicted molar refractivity (Wildman–Crippen MR) is 63.3 cm³/mol. The van der Waals surface area contributed by atoms with Crippen molar-refractivity contribution in [3.63, 3.8) is 0 Å². The third-order valence-corrected chi connectivity index (χ3v) is 3.05. The van der Waals surface area contributed by atoms with E-state index in [2.05, 4.69) is 34.3 Å². The molecule has 0 aromatic carbocycles. The van der Waals surface area contributed by atoms with Gasteiger partial charge in [0.05, 0.1) is 0 Å². The quantitative estimate of drug-likeness (QED) is 0.794. The fourth-order valence-electron chi connectivity index (χ4n) is 2.07. The number of nitrogens with zero attached hydrogens (tertiary/aromatic N) is 2. The summed E-state index contributed by atoms with van der Waals surface area (Å²) in [6, 6.07) is 4.86. The van der Waals surface area contributed by atoms with Crippen LogP contribution in [-0.4, -0.2) is 31.2 Å². The van der Waals surface area contributed by atoms with E-state index in [1.807, 2.05) is 13.2 Å². The predicted octanol–water partition coefficient (Wildman–Crippen LogP) is 1.58. The van der Waals surface area contributed by atoms with Gasteiger partial charge in [0, 0.05) is 25.3 Å². The molecule has 1 aromatic heterocycles. The number of aryl methyl sites for hydroxylation is 1. The lowest BCUT2D eigenvalue weighted by Gasteiger charge is -2.33. The third-order valence-electron chi connectivity index (χ3n) is 3.05. The molecular weight excluding hydrogens is 186 g/mol. The van der Waals surface area contributed by atoms with E-state index >= 15 is 0 Å². The van der Waals surface area contributed by atoms with Crippen molar-refractivity contribution in [2.24, 2.45) is 0 Å². The highest BCUT2D eigenvalue weighted by molar-refractivity contribution is 5.39. The maximum Gasteiger partial charge on any atom is 0.128 e. The molecule has 3 heteroatoms. The fourth-order valence-corrected chi connectivity index (χ4v) is 2.07. The summed E-state index contributed by atoms with van der Waals surface area (Å²) in [5.74, 6) is 1.11. The topological polar surface area (TPSA) is 28.2 Å². The fraction of sp³-hybridized carbons (Fsp3) is 0.583. The lowest BCUT2D eigenvalue weighted by atomic mass is 10.1. The zero-order valence-electron chi connectivity index (χ0n) is 9.53. The standard InChI is InChI=1S/C12H19N3/c1-10-5-6-12(14-8-10)15-7-3-4-11(9-15)13-2/h5-6,8,11,13H,3-4,7,9H2,1-2H3/t11-/m0/s1. The number of anilines is 1. The summed E-state index contributed by atoms with van der Waals surface area (Å²) in [4.78, 5) is 6.83. The first kappa shape index (κ1) is 10.4. The van der Waals surface area contributed by atoms with Crippen LogP contribution in [0.15, 0.2) is 18.3 Å². The molecule has 15 heavy (non-hydrogen) atoms. The van der Waals surface area contributed by atoms with Crippen LogP contribution in [-0.2, 0) is 0 Å². The molecule has 0 bridgehead atoms. The number of likely N-dealkylation sites (N-methyl/N-ethyl adjacent to an activating group) is 1. The van der Waals surface area contributed by atoms with Crippen molar-refractivity contribution in [2.45, 2.75) is 25.8 Å². The van der Waals surface area contributed by atoms with E-state index in [0.717, 1.165) is 18.9 Å². The van der Waals surface area contributed by atoms with E-state index in [9.17, 15) is 0 Å². The molecule has 1 N–H and O–H groups in total. The molecular formula is C12H19N3. The summed E-state index contributed by atoms with van der Waals surface area (Å²) in [6.45, 7) is 4.28. The van der Waals surface area contributed by atoms with Gasteiger partial charge in [-0.1, -0.05) is 6.07 Å². The Bertz CT molecular complexity index is 307. The Balaban J connectivity index is 2.06. The van der Waals surface area contributed by atoms with Crippen LogP contribution in [0.3, 0.4) is 0 Å². The van der Waals surface area contributed by atoms with Crippen LogP contribution >= 0.6 is 0 Å². The van der Waals surface area contributed by atoms with Gasteiger partial charge in [0.1, 0.15) is 5.82 Å². The minimum absolute atomic E-state index is 0.613. The smallest absolute Gasteiger partial charge is 0.128 e. The number of piperidine rings is 1. The molecule has 0 aliphatic carbocycles. The number of nitrogens with one attached hydrogen (secondary N) is 1. The molecule has 1 aliphatic rings. The molecule has 1 atom stereocenters. The van der Waals surface area contributed by atoms with Gasteiger partial charge >= 0.3 is 0 Å². The average molecular weight is 205 g/mol. The highest BCUT2D eigenvalue weighted by Gasteiger charge is 2.18. The highest BCUT2D eigenvalue weighted by atomic mass is 15.2. The van der Waals surface area contributed by atoms with Gasteiger partial charge in [0.15, 0.2) is 0 Å². The molecule has 3 nitrogen and oxygen atoms in total. The van der Waals surface area contributed by atoms with Gasteiger partial charge < -0.3 is 10.2 Å². The molecule has 0 radical (unpaired) electrons. The zero-order valence-corrected chi connectivity index (χ0v) is 9.53. The normalized spacial score (nSPS) is 21.7. The second-order valence-corrected chi connectivity index (χ2v) is 4.27. The lowest BCUT2D eigenvalue weighted by Crippen LogP contribution is -2.44. The maximum atomic E-state index is 4.47. The van der Waals surface area contributed by atoms with Crippen molar-refractivity contribution in [3.05, 3.63) is 23.9 Å². The van der Waals surface area contributed by atoms with Crippen LogP contribution in [0.1, 0.15) is 18.4 Å². The first-order valence-electron chi connectivity index (χ1n) is 5.64. The van der Waals surface area contributed by atoms with Crippen molar-refractivity contribution < 1.29 is 0 Å². The number of aromatic nitrogens is 1. The van der Waals surface area contributed by atoms with Gasteiger partial charge in [-0.05, 0) is 38.4 Å². The van der Waals surface area contributed by atoms with Crippen molar-refractivity contribution in [3.8, 4) is 0 Å². The van der Waals surface area contributed by atoms with Crippen molar-refractivity contribution in [1.29, 1.82) is 0 Å². The van der Waals surface area contributed by atoms with E-state index in [4.69, 9.17) is 0 Å². The van der Waals surface area contributed by atoms with Crippen LogP contribution in [0.5, 0.6) is 0 Å². The monoisotopic (exact) mass is 205 g/mol. The Labute approximate surface area is 91.5 Å². The molecule has 0 saturated carbocycles. The minimum Gasteiger partial charge on any atom is -0.355 e. The first-order chi connectivity index (χ1) is 7.29. The summed E-state index contributed by atoms with van der Waals surface area (Å²) >= 11 is 0. The lowest BCUT2D eigenvalue weighted by molar-refractivity contribution is 0.447. The van der Waals surface area contributed by atoms with E-state index in [-0.39, 0.29) is 0 Å². The molecule has 1 saturated heterocycles. The Morgan fingerprint density at radius 3 is 3.00 bits per heavy atom. The van der Waals surface area contributed by atoms with Gasteiger partial charge in [0.25, 0.3) is 0 Å². The molecule has 0 unspecified atom stereocenters.